The lowest BCUT2D eigenvalue weighted by Gasteiger charge is -2.33. The van der Waals surface area contributed by atoms with Crippen LogP contribution in [-0.2, 0) is 23.2 Å². The summed E-state index contributed by atoms with van der Waals surface area (Å²) in [5, 5.41) is 17.4. The molecule has 31 heavy (non-hydrogen) atoms. The van der Waals surface area contributed by atoms with Crippen LogP contribution >= 0.6 is 11.6 Å². The summed E-state index contributed by atoms with van der Waals surface area (Å²) < 4.78 is 1.52. The number of nitrogens with one attached hydrogen (secondary N) is 1. The molecule has 2 atom stereocenters. The molecule has 7 nitrogen and oxygen atoms in total. The van der Waals surface area contributed by atoms with Gasteiger partial charge in [0, 0.05) is 31.9 Å². The van der Waals surface area contributed by atoms with E-state index in [1.165, 1.54) is 15.7 Å². The second kappa shape index (κ2) is 9.96. The fraction of sp³-hybridized carbons (Fsp3) is 0.391. The molecule has 1 aromatic heterocycles. The van der Waals surface area contributed by atoms with Crippen LogP contribution in [0.2, 0.25) is 5.02 Å². The average Bonchev–Trinajstić information content (AvgIpc) is 3.02. The zero-order valence-electron chi connectivity index (χ0n) is 17.7. The molecule has 1 aliphatic carbocycles. The molecular weight excluding hydrogens is 416 g/mol. The fourth-order valence-electron chi connectivity index (χ4n) is 3.47. The average molecular weight is 443 g/mol. The van der Waals surface area contributed by atoms with E-state index in [4.69, 9.17) is 11.6 Å². The molecule has 0 aliphatic heterocycles. The maximum absolute atomic E-state index is 13.3. The van der Waals surface area contributed by atoms with Crippen molar-refractivity contribution in [2.45, 2.75) is 50.9 Å². The van der Waals surface area contributed by atoms with Crippen LogP contribution in [0.25, 0.3) is 0 Å². The first kappa shape index (κ1) is 22.8. The SMILES string of the molecule is C=C=CC(=O)N(Cc1ccc(C(C)O)cc1)C(C(=O)NC1CCC1)c1nn(C)cc1Cl. The van der Waals surface area contributed by atoms with Gasteiger partial charge in [-0.1, -0.05) is 42.4 Å². The Morgan fingerprint density at radius 3 is 2.58 bits per heavy atom. The molecule has 8 heteroatoms. The number of carbonyl (C=O) groups excluding carboxylic acids is 2. The summed E-state index contributed by atoms with van der Waals surface area (Å²) in [6, 6.07) is 6.31. The summed E-state index contributed by atoms with van der Waals surface area (Å²) in [5.41, 5.74) is 4.37. The van der Waals surface area contributed by atoms with Crippen molar-refractivity contribution in [3.63, 3.8) is 0 Å². The molecule has 164 valence electrons. The van der Waals surface area contributed by atoms with Gasteiger partial charge in [-0.05, 0) is 37.3 Å². The van der Waals surface area contributed by atoms with Gasteiger partial charge in [-0.25, -0.2) is 0 Å². The largest absolute Gasteiger partial charge is 0.389 e. The molecule has 2 aromatic rings. The smallest absolute Gasteiger partial charge is 0.255 e. The zero-order chi connectivity index (χ0) is 22.5. The molecule has 0 bridgehead atoms. The highest BCUT2D eigenvalue weighted by atomic mass is 35.5. The van der Waals surface area contributed by atoms with Gasteiger partial charge in [0.15, 0.2) is 6.04 Å². The van der Waals surface area contributed by atoms with Gasteiger partial charge in [0.25, 0.3) is 5.91 Å². The van der Waals surface area contributed by atoms with Crippen LogP contribution in [0.3, 0.4) is 0 Å². The van der Waals surface area contributed by atoms with Gasteiger partial charge < -0.3 is 15.3 Å². The number of nitrogens with zero attached hydrogens (tertiary/aromatic N) is 3. The summed E-state index contributed by atoms with van der Waals surface area (Å²) in [6.45, 7) is 5.32. The second-order valence-electron chi connectivity index (χ2n) is 7.81. The molecule has 1 fully saturated rings. The van der Waals surface area contributed by atoms with Gasteiger partial charge in [0.1, 0.15) is 5.69 Å². The minimum Gasteiger partial charge on any atom is -0.389 e. The van der Waals surface area contributed by atoms with Crippen molar-refractivity contribution in [1.82, 2.24) is 20.0 Å². The van der Waals surface area contributed by atoms with Crippen molar-refractivity contribution < 1.29 is 14.7 Å². The lowest BCUT2D eigenvalue weighted by molar-refractivity contribution is -0.139. The van der Waals surface area contributed by atoms with E-state index in [-0.39, 0.29) is 18.5 Å². The Bertz CT molecular complexity index is 989. The topological polar surface area (TPSA) is 87.5 Å². The molecular formula is C23H27ClN4O3. The molecule has 2 N–H and O–H groups in total. The minimum absolute atomic E-state index is 0.0923. The monoisotopic (exact) mass is 442 g/mol. The molecule has 0 saturated heterocycles. The normalized spacial score (nSPS) is 15.4. The van der Waals surface area contributed by atoms with E-state index < -0.39 is 18.1 Å². The molecule has 0 radical (unpaired) electrons. The Morgan fingerprint density at radius 2 is 2.10 bits per heavy atom. The first-order chi connectivity index (χ1) is 14.8. The molecule has 1 aromatic carbocycles. The van der Waals surface area contributed by atoms with Gasteiger partial charge in [0.2, 0.25) is 5.91 Å². The summed E-state index contributed by atoms with van der Waals surface area (Å²) in [4.78, 5) is 27.7. The number of hydrogen-bond donors (Lipinski definition) is 2. The van der Waals surface area contributed by atoms with Gasteiger partial charge in [-0.15, -0.1) is 5.73 Å². The van der Waals surface area contributed by atoms with Crippen LogP contribution in [0.15, 0.2) is 48.8 Å². The standard InChI is InChI=1S/C23H27ClN4O3/c1-4-6-20(30)28(13-16-9-11-17(12-10-16)15(2)29)22(21-19(24)14-27(3)26-21)23(31)25-18-7-5-8-18/h6,9-12,14-15,18,22,29H,1,5,7-8,13H2,2-3H3,(H,25,31). The van der Waals surface area contributed by atoms with Crippen molar-refractivity contribution >= 4 is 23.4 Å². The number of rotatable bonds is 8. The van der Waals surface area contributed by atoms with E-state index >= 15 is 0 Å². The predicted molar refractivity (Wildman–Crippen MR) is 118 cm³/mol. The van der Waals surface area contributed by atoms with Gasteiger partial charge in [-0.2, -0.15) is 5.10 Å². The maximum Gasteiger partial charge on any atom is 0.255 e. The predicted octanol–water partition coefficient (Wildman–Crippen LogP) is 3.21. The summed E-state index contributed by atoms with van der Waals surface area (Å²) >= 11 is 6.39. The third kappa shape index (κ3) is 5.44. The number of aliphatic hydroxyl groups is 1. The van der Waals surface area contributed by atoms with Crippen molar-refractivity contribution in [3.05, 3.63) is 70.7 Å². The highest BCUT2D eigenvalue weighted by molar-refractivity contribution is 6.31. The second-order valence-corrected chi connectivity index (χ2v) is 8.21. The number of aryl methyl sites for hydroxylation is 1. The molecule has 1 heterocycles. The molecule has 1 saturated carbocycles. The Morgan fingerprint density at radius 1 is 1.42 bits per heavy atom. The van der Waals surface area contributed by atoms with E-state index in [0.29, 0.717) is 10.7 Å². The molecule has 1 aliphatic rings. The number of aliphatic hydroxyl groups excluding tert-OH is 1. The lowest BCUT2D eigenvalue weighted by atomic mass is 9.92. The van der Waals surface area contributed by atoms with Gasteiger partial charge in [0.05, 0.1) is 11.1 Å². The number of halogens is 1. The Kier molecular flexibility index (Phi) is 7.33. The summed E-state index contributed by atoms with van der Waals surface area (Å²) in [7, 11) is 1.71. The number of aromatic nitrogens is 2. The number of benzene rings is 1. The lowest BCUT2D eigenvalue weighted by Crippen LogP contribution is -2.48. The van der Waals surface area contributed by atoms with E-state index in [1.54, 1.807) is 32.3 Å². The highest BCUT2D eigenvalue weighted by Crippen LogP contribution is 2.30. The molecule has 2 amide bonds. The fourth-order valence-corrected chi connectivity index (χ4v) is 3.76. The number of carbonyl (C=O) groups is 2. The molecule has 3 rings (SSSR count). The van der Waals surface area contributed by atoms with Gasteiger partial charge in [-0.3, -0.25) is 14.3 Å². The van der Waals surface area contributed by atoms with Crippen LogP contribution in [-0.4, -0.2) is 37.6 Å². The zero-order valence-corrected chi connectivity index (χ0v) is 18.5. The van der Waals surface area contributed by atoms with Crippen LogP contribution < -0.4 is 5.32 Å². The van der Waals surface area contributed by atoms with E-state index in [0.717, 1.165) is 30.4 Å². The molecule has 0 spiro atoms. The van der Waals surface area contributed by atoms with Crippen molar-refractivity contribution in [2.75, 3.05) is 0 Å². The van der Waals surface area contributed by atoms with Crippen molar-refractivity contribution in [2.24, 2.45) is 7.05 Å². The third-order valence-electron chi connectivity index (χ3n) is 5.40. The quantitative estimate of drug-likeness (QED) is 0.485. The number of hydrogen-bond acceptors (Lipinski definition) is 4. The van der Waals surface area contributed by atoms with Crippen LogP contribution in [0.5, 0.6) is 0 Å². The first-order valence-electron chi connectivity index (χ1n) is 10.2. The van der Waals surface area contributed by atoms with Crippen LogP contribution in [0.1, 0.15) is 55.2 Å². The van der Waals surface area contributed by atoms with E-state index in [1.807, 2.05) is 12.1 Å². The number of amides is 2. The summed E-state index contributed by atoms with van der Waals surface area (Å²) in [6.07, 6.45) is 5.10. The highest BCUT2D eigenvalue weighted by Gasteiger charge is 2.36. The Labute approximate surface area is 187 Å². The summed E-state index contributed by atoms with van der Waals surface area (Å²) in [5.74, 6) is -0.748. The van der Waals surface area contributed by atoms with E-state index in [9.17, 15) is 14.7 Å². The Hall–Kier alpha value is -2.86. The van der Waals surface area contributed by atoms with Crippen molar-refractivity contribution in [1.29, 1.82) is 0 Å². The minimum atomic E-state index is -1.01. The Balaban J connectivity index is 1.99. The maximum atomic E-state index is 13.3. The van der Waals surface area contributed by atoms with Crippen LogP contribution in [0, 0.1) is 0 Å². The third-order valence-corrected chi connectivity index (χ3v) is 5.70. The van der Waals surface area contributed by atoms with E-state index in [2.05, 4.69) is 22.7 Å². The van der Waals surface area contributed by atoms with Crippen LogP contribution in [0.4, 0.5) is 0 Å². The van der Waals surface area contributed by atoms with Gasteiger partial charge >= 0.3 is 0 Å². The van der Waals surface area contributed by atoms with Crippen molar-refractivity contribution in [3.8, 4) is 0 Å². The molecule has 2 unspecified atom stereocenters. The first-order valence-corrected chi connectivity index (χ1v) is 10.6.